The van der Waals surface area contributed by atoms with Crippen molar-refractivity contribution >= 4 is 50.1 Å². The number of nitrogens with two attached hydrogens (primary N) is 1. The topological polar surface area (TPSA) is 107 Å². The summed E-state index contributed by atoms with van der Waals surface area (Å²) in [6, 6.07) is 12.7. The van der Waals surface area contributed by atoms with E-state index in [1.165, 1.54) is 0 Å². The molecule has 0 saturated carbocycles. The third-order valence-corrected chi connectivity index (χ3v) is 4.95. The van der Waals surface area contributed by atoms with Gasteiger partial charge in [-0.1, -0.05) is 17.4 Å². The predicted molar refractivity (Wildman–Crippen MR) is 104 cm³/mol. The minimum atomic E-state index is -0.924. The Kier molecular flexibility index (Phi) is 4.17. The van der Waals surface area contributed by atoms with E-state index >= 15 is 0 Å². The summed E-state index contributed by atoms with van der Waals surface area (Å²) >= 11 is 1.15. The molecule has 2 aromatic carbocycles. The van der Waals surface area contributed by atoms with E-state index in [4.69, 9.17) is 10.5 Å². The molecule has 134 valence electrons. The second-order valence-electron chi connectivity index (χ2n) is 5.87. The minimum absolute atomic E-state index is 0.144. The fourth-order valence-electron chi connectivity index (χ4n) is 2.79. The van der Waals surface area contributed by atoms with Crippen molar-refractivity contribution in [2.75, 3.05) is 5.32 Å². The summed E-state index contributed by atoms with van der Waals surface area (Å²) < 4.78 is 5.52. The summed E-state index contributed by atoms with van der Waals surface area (Å²) in [6.07, 6.45) is 0.791. The molecular weight excluding hydrogens is 364 g/mol. The number of hydrogen-bond donors (Lipinski definition) is 2. The molecule has 2 aromatic heterocycles. The van der Waals surface area contributed by atoms with Crippen LogP contribution in [0.2, 0.25) is 0 Å². The Bertz CT molecular complexity index is 1200. The highest BCUT2D eigenvalue weighted by Gasteiger charge is 2.14. The summed E-state index contributed by atoms with van der Waals surface area (Å²) in [5, 5.41) is 3.99. The first kappa shape index (κ1) is 16.9. The molecule has 0 saturated heterocycles. The number of nitrogens with zero attached hydrogens (tertiary/aromatic N) is 2. The number of carbonyl (C=O) groups is 2. The maximum Gasteiger partial charge on any atom is 0.411 e. The fraction of sp³-hybridized carbons (Fsp3) is 0.0526. The quantitative estimate of drug-likeness (QED) is 0.563. The van der Waals surface area contributed by atoms with Crippen molar-refractivity contribution in [3.8, 4) is 5.19 Å². The monoisotopic (exact) mass is 378 g/mol. The third-order valence-electron chi connectivity index (χ3n) is 4.05. The number of benzene rings is 2. The zero-order chi connectivity index (χ0) is 19.0. The Hall–Kier alpha value is -3.52. The van der Waals surface area contributed by atoms with Crippen LogP contribution in [-0.4, -0.2) is 22.0 Å². The van der Waals surface area contributed by atoms with Crippen molar-refractivity contribution in [3.05, 3.63) is 59.8 Å². The van der Waals surface area contributed by atoms with Crippen molar-refractivity contribution in [1.29, 1.82) is 0 Å². The number of nitrogens with one attached hydrogen (secondary N) is 1. The number of rotatable bonds is 3. The van der Waals surface area contributed by atoms with Gasteiger partial charge in [-0.3, -0.25) is 9.78 Å². The van der Waals surface area contributed by atoms with E-state index in [9.17, 15) is 9.59 Å². The zero-order valence-electron chi connectivity index (χ0n) is 14.2. The lowest BCUT2D eigenvalue weighted by molar-refractivity contribution is 0.102. The number of ether oxygens (including phenoxy) is 1. The molecule has 27 heavy (non-hydrogen) atoms. The molecule has 0 radical (unpaired) electrons. The number of pyridine rings is 1. The molecule has 0 aliphatic heterocycles. The third kappa shape index (κ3) is 3.30. The highest BCUT2D eigenvalue weighted by molar-refractivity contribution is 7.20. The van der Waals surface area contributed by atoms with E-state index in [-0.39, 0.29) is 11.1 Å². The Morgan fingerprint density at radius 2 is 1.96 bits per heavy atom. The molecule has 0 fully saturated rings. The molecule has 0 unspecified atom stereocenters. The number of thiazole rings is 1. The Labute approximate surface area is 157 Å². The lowest BCUT2D eigenvalue weighted by atomic mass is 10.1. The summed E-state index contributed by atoms with van der Waals surface area (Å²) in [4.78, 5) is 32.1. The van der Waals surface area contributed by atoms with Crippen LogP contribution in [0.1, 0.15) is 15.9 Å². The number of anilines is 1. The average Bonchev–Trinajstić information content (AvgIpc) is 3.04. The molecule has 7 nitrogen and oxygen atoms in total. The normalized spacial score (nSPS) is 10.9. The van der Waals surface area contributed by atoms with Gasteiger partial charge in [0.1, 0.15) is 0 Å². The smallest absolute Gasteiger partial charge is 0.381 e. The van der Waals surface area contributed by atoms with E-state index in [0.29, 0.717) is 11.1 Å². The highest BCUT2D eigenvalue weighted by Crippen LogP contribution is 2.30. The van der Waals surface area contributed by atoms with Gasteiger partial charge in [-0.05, 0) is 48.9 Å². The van der Waals surface area contributed by atoms with E-state index in [1.54, 1.807) is 24.4 Å². The molecule has 0 aliphatic carbocycles. The molecule has 0 bridgehead atoms. The van der Waals surface area contributed by atoms with Gasteiger partial charge in [0.25, 0.3) is 11.1 Å². The van der Waals surface area contributed by atoms with E-state index < -0.39 is 6.09 Å². The maximum atomic E-state index is 12.8. The Balaban J connectivity index is 1.67. The number of carbonyl (C=O) groups excluding carboxylic acids is 2. The van der Waals surface area contributed by atoms with Gasteiger partial charge in [0.2, 0.25) is 0 Å². The summed E-state index contributed by atoms with van der Waals surface area (Å²) in [6.45, 7) is 1.93. The van der Waals surface area contributed by atoms with Gasteiger partial charge in [0.15, 0.2) is 0 Å². The first-order valence-corrected chi connectivity index (χ1v) is 8.86. The lowest BCUT2D eigenvalue weighted by Crippen LogP contribution is -2.15. The van der Waals surface area contributed by atoms with Crippen molar-refractivity contribution < 1.29 is 14.3 Å². The molecule has 2 heterocycles. The van der Waals surface area contributed by atoms with Gasteiger partial charge < -0.3 is 15.8 Å². The first-order chi connectivity index (χ1) is 13.0. The summed E-state index contributed by atoms with van der Waals surface area (Å²) in [7, 11) is 0. The molecule has 3 N–H and O–H groups in total. The van der Waals surface area contributed by atoms with E-state index in [2.05, 4.69) is 15.3 Å². The van der Waals surface area contributed by atoms with Crippen LogP contribution in [0.4, 0.5) is 10.5 Å². The number of hydrogen-bond acceptors (Lipinski definition) is 6. The molecule has 0 atom stereocenters. The van der Waals surface area contributed by atoms with Crippen LogP contribution in [0, 0.1) is 6.92 Å². The van der Waals surface area contributed by atoms with Crippen molar-refractivity contribution in [2.45, 2.75) is 6.92 Å². The minimum Gasteiger partial charge on any atom is -0.381 e. The second-order valence-corrected chi connectivity index (χ2v) is 6.86. The van der Waals surface area contributed by atoms with Gasteiger partial charge in [-0.15, -0.1) is 0 Å². The van der Waals surface area contributed by atoms with Gasteiger partial charge >= 0.3 is 6.09 Å². The standard InChI is InChI=1S/C19H14N4O3S/c1-10-4-6-13-12(3-2-8-21-13)16(10)23-17(24)11-5-7-14-15(9-11)27-19(22-14)26-18(20)25/h2-9H,1H3,(H2,20,25)(H,23,24). The van der Waals surface area contributed by atoms with Crippen LogP contribution in [0.5, 0.6) is 5.19 Å². The second kappa shape index (κ2) is 6.65. The Morgan fingerprint density at radius 3 is 2.78 bits per heavy atom. The number of aromatic nitrogens is 2. The van der Waals surface area contributed by atoms with Crippen LogP contribution < -0.4 is 15.8 Å². The van der Waals surface area contributed by atoms with Crippen LogP contribution in [0.3, 0.4) is 0 Å². The van der Waals surface area contributed by atoms with Crippen molar-refractivity contribution in [2.24, 2.45) is 5.73 Å². The highest BCUT2D eigenvalue weighted by atomic mass is 32.1. The maximum absolute atomic E-state index is 12.8. The number of aryl methyl sites for hydroxylation is 1. The van der Waals surface area contributed by atoms with Crippen LogP contribution in [0.15, 0.2) is 48.7 Å². The molecule has 0 aliphatic rings. The molecular formula is C19H14N4O3S. The molecule has 0 spiro atoms. The van der Waals surface area contributed by atoms with Gasteiger partial charge in [0.05, 0.1) is 21.4 Å². The van der Waals surface area contributed by atoms with E-state index in [0.717, 1.165) is 38.2 Å². The van der Waals surface area contributed by atoms with Crippen LogP contribution in [0.25, 0.3) is 21.1 Å². The molecule has 4 rings (SSSR count). The van der Waals surface area contributed by atoms with Crippen molar-refractivity contribution in [3.63, 3.8) is 0 Å². The fourth-order valence-corrected chi connectivity index (χ4v) is 3.65. The lowest BCUT2D eigenvalue weighted by Gasteiger charge is -2.11. The molecule has 4 aromatic rings. The largest absolute Gasteiger partial charge is 0.411 e. The van der Waals surface area contributed by atoms with Crippen molar-refractivity contribution in [1.82, 2.24) is 9.97 Å². The molecule has 8 heteroatoms. The average molecular weight is 378 g/mol. The number of primary amides is 1. The van der Waals surface area contributed by atoms with Gasteiger partial charge in [-0.25, -0.2) is 9.78 Å². The van der Waals surface area contributed by atoms with Gasteiger partial charge in [0, 0.05) is 17.1 Å². The van der Waals surface area contributed by atoms with Crippen LogP contribution in [-0.2, 0) is 0 Å². The zero-order valence-corrected chi connectivity index (χ0v) is 15.0. The molecule has 2 amide bonds. The summed E-state index contributed by atoms with van der Waals surface area (Å²) in [5.74, 6) is -0.248. The number of fused-ring (bicyclic) bond motifs is 2. The first-order valence-electron chi connectivity index (χ1n) is 8.05. The predicted octanol–water partition coefficient (Wildman–Crippen LogP) is 3.86. The van der Waals surface area contributed by atoms with E-state index in [1.807, 2.05) is 31.2 Å². The van der Waals surface area contributed by atoms with Crippen LogP contribution >= 0.6 is 11.3 Å². The number of amides is 2. The Morgan fingerprint density at radius 1 is 1.15 bits per heavy atom. The SMILES string of the molecule is Cc1ccc2ncccc2c1NC(=O)c1ccc2nc(OC(N)=O)sc2c1. The van der Waals surface area contributed by atoms with Gasteiger partial charge in [-0.2, -0.15) is 0 Å². The summed E-state index contributed by atoms with van der Waals surface area (Å²) in [5.41, 5.74) is 8.58.